The van der Waals surface area contributed by atoms with Crippen molar-refractivity contribution in [2.24, 2.45) is 5.92 Å². The zero-order valence-electron chi connectivity index (χ0n) is 17.6. The van der Waals surface area contributed by atoms with Gasteiger partial charge in [0.15, 0.2) is 0 Å². The summed E-state index contributed by atoms with van der Waals surface area (Å²) in [6.45, 7) is 6.42. The van der Waals surface area contributed by atoms with Gasteiger partial charge in [-0.3, -0.25) is 9.59 Å². The van der Waals surface area contributed by atoms with Gasteiger partial charge in [0.25, 0.3) is 0 Å². The van der Waals surface area contributed by atoms with Gasteiger partial charge in [-0.2, -0.15) is 0 Å². The molecular formula is C24H32N2O3. The molecule has 156 valence electrons. The van der Waals surface area contributed by atoms with Crippen molar-refractivity contribution in [1.29, 1.82) is 0 Å². The standard InChI is InChI=1S/C24H32N2O3/c1-3-29-22-9-7-19(15-18(22)2)5-4-6-24(28)26-13-11-20(12-14-26)16-21-8-10-23(27)25-17-21/h7-10,15,17,20H,3-6,11-14,16H2,1-2H3,(H,25,27). The highest BCUT2D eigenvalue weighted by Crippen LogP contribution is 2.23. The highest BCUT2D eigenvalue weighted by atomic mass is 16.5. The Morgan fingerprint density at radius 1 is 1.17 bits per heavy atom. The van der Waals surface area contributed by atoms with Gasteiger partial charge in [0.1, 0.15) is 5.75 Å². The average molecular weight is 397 g/mol. The third-order valence-corrected chi connectivity index (χ3v) is 5.74. The molecule has 1 fully saturated rings. The summed E-state index contributed by atoms with van der Waals surface area (Å²) in [6.07, 6.45) is 7.24. The molecule has 0 radical (unpaired) electrons. The summed E-state index contributed by atoms with van der Waals surface area (Å²) < 4.78 is 5.59. The Balaban J connectivity index is 1.39. The maximum Gasteiger partial charge on any atom is 0.247 e. The number of aryl methyl sites for hydroxylation is 2. The number of likely N-dealkylation sites (tertiary alicyclic amines) is 1. The molecule has 2 heterocycles. The van der Waals surface area contributed by atoms with Gasteiger partial charge in [0.05, 0.1) is 6.61 Å². The molecule has 29 heavy (non-hydrogen) atoms. The summed E-state index contributed by atoms with van der Waals surface area (Å²) in [7, 11) is 0. The molecule has 5 heteroatoms. The number of hydrogen-bond donors (Lipinski definition) is 1. The predicted octanol–water partition coefficient (Wildman–Crippen LogP) is 3.89. The number of H-pyrrole nitrogens is 1. The van der Waals surface area contributed by atoms with Crippen molar-refractivity contribution in [2.45, 2.75) is 52.4 Å². The lowest BCUT2D eigenvalue weighted by atomic mass is 9.90. The summed E-state index contributed by atoms with van der Waals surface area (Å²) in [5.41, 5.74) is 3.52. The summed E-state index contributed by atoms with van der Waals surface area (Å²) >= 11 is 0. The van der Waals surface area contributed by atoms with Crippen molar-refractivity contribution < 1.29 is 9.53 Å². The smallest absolute Gasteiger partial charge is 0.247 e. The van der Waals surface area contributed by atoms with Crippen LogP contribution in [0.4, 0.5) is 0 Å². The van der Waals surface area contributed by atoms with E-state index in [0.29, 0.717) is 18.9 Å². The third-order valence-electron chi connectivity index (χ3n) is 5.74. The number of carbonyl (C=O) groups is 1. The second kappa shape index (κ2) is 10.3. The van der Waals surface area contributed by atoms with Crippen LogP contribution in [0.2, 0.25) is 0 Å². The summed E-state index contributed by atoms with van der Waals surface area (Å²) in [5.74, 6) is 1.80. The number of hydrogen-bond acceptors (Lipinski definition) is 3. The molecule has 2 aromatic rings. The molecular weight excluding hydrogens is 364 g/mol. The van der Waals surface area contributed by atoms with E-state index in [0.717, 1.165) is 56.5 Å². The number of amides is 1. The highest BCUT2D eigenvalue weighted by Gasteiger charge is 2.22. The number of nitrogens with one attached hydrogen (secondary N) is 1. The monoisotopic (exact) mass is 396 g/mol. The molecule has 0 saturated carbocycles. The number of benzene rings is 1. The van der Waals surface area contributed by atoms with Gasteiger partial charge < -0.3 is 14.6 Å². The van der Waals surface area contributed by atoms with Crippen molar-refractivity contribution >= 4 is 5.91 Å². The number of rotatable bonds is 8. The van der Waals surface area contributed by atoms with Crippen LogP contribution in [0.15, 0.2) is 41.3 Å². The number of carbonyl (C=O) groups excluding carboxylic acids is 1. The summed E-state index contributed by atoms with van der Waals surface area (Å²) in [4.78, 5) is 28.5. The minimum atomic E-state index is -0.0606. The lowest BCUT2D eigenvalue weighted by Gasteiger charge is -2.32. The van der Waals surface area contributed by atoms with Crippen LogP contribution < -0.4 is 10.3 Å². The predicted molar refractivity (Wildman–Crippen MR) is 115 cm³/mol. The van der Waals surface area contributed by atoms with E-state index in [1.807, 2.05) is 30.2 Å². The second-order valence-electron chi connectivity index (χ2n) is 7.98. The SMILES string of the molecule is CCOc1ccc(CCCC(=O)N2CCC(Cc3ccc(=O)[nH]c3)CC2)cc1C. The van der Waals surface area contributed by atoms with Crippen molar-refractivity contribution in [2.75, 3.05) is 19.7 Å². The molecule has 1 aliphatic rings. The fraction of sp³-hybridized carbons (Fsp3) is 0.500. The lowest BCUT2D eigenvalue weighted by Crippen LogP contribution is -2.38. The molecule has 0 atom stereocenters. The quantitative estimate of drug-likeness (QED) is 0.736. The van der Waals surface area contributed by atoms with Crippen LogP contribution in [0.1, 0.15) is 49.3 Å². The maximum atomic E-state index is 12.6. The van der Waals surface area contributed by atoms with E-state index >= 15 is 0 Å². The van der Waals surface area contributed by atoms with E-state index in [4.69, 9.17) is 4.74 Å². The van der Waals surface area contributed by atoms with Crippen LogP contribution in [0.3, 0.4) is 0 Å². The molecule has 0 aliphatic carbocycles. The van der Waals surface area contributed by atoms with E-state index in [2.05, 4.69) is 24.0 Å². The minimum Gasteiger partial charge on any atom is -0.494 e. The average Bonchev–Trinajstić information content (AvgIpc) is 2.72. The first-order valence-corrected chi connectivity index (χ1v) is 10.7. The number of aromatic amines is 1. The molecule has 1 aliphatic heterocycles. The topological polar surface area (TPSA) is 62.4 Å². The van der Waals surface area contributed by atoms with Gasteiger partial charge in [0.2, 0.25) is 11.5 Å². The number of piperidine rings is 1. The Bertz CT molecular complexity index is 846. The van der Waals surface area contributed by atoms with Gasteiger partial charge in [-0.1, -0.05) is 18.2 Å². The first-order chi connectivity index (χ1) is 14.0. The van der Waals surface area contributed by atoms with E-state index in [9.17, 15) is 9.59 Å². The van der Waals surface area contributed by atoms with E-state index in [-0.39, 0.29) is 11.5 Å². The fourth-order valence-electron chi connectivity index (χ4n) is 4.08. The molecule has 3 rings (SSSR count). The van der Waals surface area contributed by atoms with E-state index in [1.165, 1.54) is 11.1 Å². The van der Waals surface area contributed by atoms with Crippen LogP contribution in [-0.2, 0) is 17.6 Å². The molecule has 0 spiro atoms. The van der Waals surface area contributed by atoms with Crippen molar-refractivity contribution in [3.8, 4) is 5.75 Å². The number of nitrogens with zero attached hydrogens (tertiary/aromatic N) is 1. The van der Waals surface area contributed by atoms with Crippen LogP contribution in [0, 0.1) is 12.8 Å². The zero-order valence-corrected chi connectivity index (χ0v) is 17.6. The molecule has 1 N–H and O–H groups in total. The van der Waals surface area contributed by atoms with Gasteiger partial charge in [0, 0.05) is 31.8 Å². The van der Waals surface area contributed by atoms with E-state index in [1.54, 1.807) is 6.07 Å². The van der Waals surface area contributed by atoms with Crippen LogP contribution in [0.25, 0.3) is 0 Å². The minimum absolute atomic E-state index is 0.0606. The third kappa shape index (κ3) is 6.21. The molecule has 0 unspecified atom stereocenters. The number of ether oxygens (including phenoxy) is 1. The highest BCUT2D eigenvalue weighted by molar-refractivity contribution is 5.76. The van der Waals surface area contributed by atoms with Crippen LogP contribution in [-0.4, -0.2) is 35.5 Å². The molecule has 1 aromatic carbocycles. The van der Waals surface area contributed by atoms with Crippen molar-refractivity contribution in [1.82, 2.24) is 9.88 Å². The van der Waals surface area contributed by atoms with Crippen molar-refractivity contribution in [3.05, 3.63) is 63.6 Å². The van der Waals surface area contributed by atoms with E-state index < -0.39 is 0 Å². The van der Waals surface area contributed by atoms with Crippen molar-refractivity contribution in [3.63, 3.8) is 0 Å². The Morgan fingerprint density at radius 2 is 1.93 bits per heavy atom. The molecule has 1 amide bonds. The summed E-state index contributed by atoms with van der Waals surface area (Å²) in [6, 6.07) is 9.78. The van der Waals surface area contributed by atoms with Gasteiger partial charge in [-0.25, -0.2) is 0 Å². The van der Waals surface area contributed by atoms with Gasteiger partial charge >= 0.3 is 0 Å². The Morgan fingerprint density at radius 3 is 2.59 bits per heavy atom. The molecule has 5 nitrogen and oxygen atoms in total. The first-order valence-electron chi connectivity index (χ1n) is 10.7. The number of aromatic nitrogens is 1. The maximum absolute atomic E-state index is 12.6. The molecule has 1 saturated heterocycles. The van der Waals surface area contributed by atoms with Gasteiger partial charge in [-0.05, 0) is 74.6 Å². The Hall–Kier alpha value is -2.56. The van der Waals surface area contributed by atoms with Gasteiger partial charge in [-0.15, -0.1) is 0 Å². The summed E-state index contributed by atoms with van der Waals surface area (Å²) in [5, 5.41) is 0. The molecule has 1 aromatic heterocycles. The lowest BCUT2D eigenvalue weighted by molar-refractivity contribution is -0.132. The zero-order chi connectivity index (χ0) is 20.6. The molecule has 0 bridgehead atoms. The van der Waals surface area contributed by atoms with Crippen LogP contribution in [0.5, 0.6) is 5.75 Å². The largest absolute Gasteiger partial charge is 0.494 e. The number of pyridine rings is 1. The normalized spacial score (nSPS) is 14.8. The fourth-order valence-corrected chi connectivity index (χ4v) is 4.08. The Kier molecular flexibility index (Phi) is 7.50. The van der Waals surface area contributed by atoms with Crippen LogP contribution >= 0.6 is 0 Å². The second-order valence-corrected chi connectivity index (χ2v) is 7.98. The Labute approximate surface area is 173 Å². The first kappa shape index (κ1) is 21.2.